The molecule has 1 atom stereocenters. The average Bonchev–Trinajstić information content (AvgIpc) is 3.09. The van der Waals surface area contributed by atoms with E-state index in [-0.39, 0.29) is 11.8 Å². The zero-order chi connectivity index (χ0) is 13.2. The molecule has 0 aliphatic carbocycles. The van der Waals surface area contributed by atoms with Crippen molar-refractivity contribution in [3.8, 4) is 0 Å². The summed E-state index contributed by atoms with van der Waals surface area (Å²) in [6.07, 6.45) is 4.72. The van der Waals surface area contributed by atoms with Crippen molar-refractivity contribution >= 4 is 22.4 Å². The van der Waals surface area contributed by atoms with Gasteiger partial charge in [0.05, 0.1) is 11.9 Å². The molecule has 1 unspecified atom stereocenters. The molecule has 100 valence electrons. The van der Waals surface area contributed by atoms with E-state index in [1.54, 1.807) is 4.90 Å². The third kappa shape index (κ3) is 2.46. The van der Waals surface area contributed by atoms with E-state index in [0.717, 1.165) is 25.1 Å². The van der Waals surface area contributed by atoms with Crippen molar-refractivity contribution in [2.45, 2.75) is 18.8 Å². The summed E-state index contributed by atoms with van der Waals surface area (Å²) in [5.74, 6) is 0.443. The maximum Gasteiger partial charge on any atom is 0.291 e. The molecule has 19 heavy (non-hydrogen) atoms. The number of hydrogen-bond acceptors (Lipinski definition) is 6. The molecule has 1 aliphatic heterocycles. The van der Waals surface area contributed by atoms with Crippen LogP contribution in [-0.4, -0.2) is 33.9 Å². The Morgan fingerprint density at radius 3 is 3.16 bits per heavy atom. The highest BCUT2D eigenvalue weighted by atomic mass is 32.1. The third-order valence-corrected chi connectivity index (χ3v) is 4.00. The van der Waals surface area contributed by atoms with Crippen molar-refractivity contribution < 1.29 is 9.21 Å². The number of carbonyl (C=O) groups excluding carboxylic acids is 1. The maximum atomic E-state index is 12.2. The number of amides is 1. The minimum absolute atomic E-state index is 0.106. The van der Waals surface area contributed by atoms with E-state index in [1.165, 1.54) is 23.9 Å². The Hall–Kier alpha value is -1.89. The van der Waals surface area contributed by atoms with Crippen LogP contribution in [0.2, 0.25) is 0 Å². The number of carbonyl (C=O) groups is 1. The molecule has 3 rings (SSSR count). The van der Waals surface area contributed by atoms with E-state index >= 15 is 0 Å². The molecule has 7 heteroatoms. The first-order chi connectivity index (χ1) is 9.24. The summed E-state index contributed by atoms with van der Waals surface area (Å²) in [5, 5.41) is 2.55. The summed E-state index contributed by atoms with van der Waals surface area (Å²) < 4.78 is 5.06. The molecular weight excluding hydrogens is 264 g/mol. The molecule has 0 saturated carbocycles. The lowest BCUT2D eigenvalue weighted by atomic mass is 9.95. The average molecular weight is 278 g/mol. The molecule has 1 fully saturated rings. The van der Waals surface area contributed by atoms with Gasteiger partial charge in [0.25, 0.3) is 5.91 Å². The number of thiazole rings is 1. The maximum absolute atomic E-state index is 12.2. The molecule has 0 aromatic carbocycles. The lowest BCUT2D eigenvalue weighted by Crippen LogP contribution is -2.39. The molecule has 3 heterocycles. The van der Waals surface area contributed by atoms with E-state index in [4.69, 9.17) is 10.2 Å². The molecule has 1 amide bonds. The Morgan fingerprint density at radius 1 is 1.58 bits per heavy atom. The number of aromatic nitrogens is 2. The lowest BCUT2D eigenvalue weighted by molar-refractivity contribution is 0.0674. The van der Waals surface area contributed by atoms with Crippen LogP contribution in [0.4, 0.5) is 5.13 Å². The fourth-order valence-corrected chi connectivity index (χ4v) is 3.01. The van der Waals surface area contributed by atoms with Gasteiger partial charge < -0.3 is 15.1 Å². The van der Waals surface area contributed by atoms with Crippen molar-refractivity contribution in [1.29, 1.82) is 0 Å². The van der Waals surface area contributed by atoms with Gasteiger partial charge in [-0.05, 0) is 12.8 Å². The molecule has 2 aromatic heterocycles. The van der Waals surface area contributed by atoms with Gasteiger partial charge in [0.15, 0.2) is 11.5 Å². The van der Waals surface area contributed by atoms with Gasteiger partial charge in [-0.1, -0.05) is 0 Å². The van der Waals surface area contributed by atoms with Crippen molar-refractivity contribution in [2.24, 2.45) is 0 Å². The van der Waals surface area contributed by atoms with Gasteiger partial charge in [-0.2, -0.15) is 0 Å². The van der Waals surface area contributed by atoms with Crippen molar-refractivity contribution in [3.63, 3.8) is 0 Å². The van der Waals surface area contributed by atoms with Crippen molar-refractivity contribution in [1.82, 2.24) is 14.9 Å². The Balaban J connectivity index is 1.73. The smallest absolute Gasteiger partial charge is 0.291 e. The molecule has 2 N–H and O–H groups in total. The number of piperidine rings is 1. The summed E-state index contributed by atoms with van der Waals surface area (Å²) in [7, 11) is 0. The van der Waals surface area contributed by atoms with E-state index < -0.39 is 0 Å². The second kappa shape index (κ2) is 5.00. The van der Waals surface area contributed by atoms with E-state index in [2.05, 4.69) is 9.97 Å². The molecule has 0 radical (unpaired) electrons. The van der Waals surface area contributed by atoms with Gasteiger partial charge in [-0.25, -0.2) is 9.97 Å². The van der Waals surface area contributed by atoms with Gasteiger partial charge in [0, 0.05) is 24.4 Å². The Labute approximate surface area is 114 Å². The molecule has 2 aromatic rings. The predicted octanol–water partition coefficient (Wildman–Crippen LogP) is 1.73. The summed E-state index contributed by atoms with van der Waals surface area (Å²) in [4.78, 5) is 22.1. The Bertz CT molecular complexity index is 566. The quantitative estimate of drug-likeness (QED) is 0.904. The van der Waals surface area contributed by atoms with Crippen LogP contribution in [0.15, 0.2) is 22.4 Å². The second-order valence-electron chi connectivity index (χ2n) is 4.57. The second-order valence-corrected chi connectivity index (χ2v) is 5.46. The van der Waals surface area contributed by atoms with Crippen LogP contribution >= 0.6 is 11.3 Å². The summed E-state index contributed by atoms with van der Waals surface area (Å²) in [6, 6.07) is 0. The minimum Gasteiger partial charge on any atom is -0.438 e. The van der Waals surface area contributed by atoms with Crippen LogP contribution in [-0.2, 0) is 0 Å². The number of nitrogen functional groups attached to an aromatic ring is 1. The summed E-state index contributed by atoms with van der Waals surface area (Å²) in [5.41, 5.74) is 6.64. The zero-order valence-corrected chi connectivity index (χ0v) is 11.1. The predicted molar refractivity (Wildman–Crippen MR) is 70.9 cm³/mol. The van der Waals surface area contributed by atoms with Crippen LogP contribution in [0.1, 0.15) is 35.0 Å². The van der Waals surface area contributed by atoms with Crippen molar-refractivity contribution in [2.75, 3.05) is 18.8 Å². The van der Waals surface area contributed by atoms with Gasteiger partial charge in [-0.3, -0.25) is 4.79 Å². The van der Waals surface area contributed by atoms with Crippen molar-refractivity contribution in [3.05, 3.63) is 29.4 Å². The van der Waals surface area contributed by atoms with Gasteiger partial charge >= 0.3 is 0 Å². The third-order valence-electron chi connectivity index (χ3n) is 3.31. The number of hydrogen-bond donors (Lipinski definition) is 1. The number of oxazole rings is 1. The highest BCUT2D eigenvalue weighted by Gasteiger charge is 2.28. The van der Waals surface area contributed by atoms with E-state index in [0.29, 0.717) is 17.4 Å². The largest absolute Gasteiger partial charge is 0.438 e. The van der Waals surface area contributed by atoms with Gasteiger partial charge in [0.1, 0.15) is 0 Å². The summed E-state index contributed by atoms with van der Waals surface area (Å²) in [6.45, 7) is 1.40. The zero-order valence-electron chi connectivity index (χ0n) is 10.3. The number of rotatable bonds is 2. The SMILES string of the molecule is Nc1nc(C2CCCN(C(=O)c3cnco3)C2)cs1. The monoisotopic (exact) mass is 278 g/mol. The molecule has 0 spiro atoms. The minimum atomic E-state index is -0.106. The topological polar surface area (TPSA) is 85.2 Å². The Kier molecular flexibility index (Phi) is 3.20. The fraction of sp³-hybridized carbons (Fsp3) is 0.417. The molecular formula is C12H14N4O2S. The normalized spacial score (nSPS) is 19.6. The van der Waals surface area contributed by atoms with E-state index in [9.17, 15) is 4.79 Å². The first-order valence-electron chi connectivity index (χ1n) is 6.12. The number of nitrogens with zero attached hydrogens (tertiary/aromatic N) is 3. The van der Waals surface area contributed by atoms with Crippen LogP contribution < -0.4 is 5.73 Å². The molecule has 6 nitrogen and oxygen atoms in total. The first-order valence-corrected chi connectivity index (χ1v) is 7.00. The standard InChI is InChI=1S/C12H14N4O2S/c13-12-15-9(6-19-12)8-2-1-3-16(5-8)11(17)10-4-14-7-18-10/h4,6-8H,1-3,5H2,(H2,13,15). The van der Waals surface area contributed by atoms with Gasteiger partial charge in [-0.15, -0.1) is 11.3 Å². The molecule has 1 saturated heterocycles. The number of likely N-dealkylation sites (tertiary alicyclic amines) is 1. The number of nitrogens with two attached hydrogens (primary N) is 1. The van der Waals surface area contributed by atoms with Crippen LogP contribution in [0.3, 0.4) is 0 Å². The molecule has 0 bridgehead atoms. The fourth-order valence-electron chi connectivity index (χ4n) is 2.37. The number of anilines is 1. The first kappa shape index (κ1) is 12.2. The van der Waals surface area contributed by atoms with Crippen LogP contribution in [0.25, 0.3) is 0 Å². The Morgan fingerprint density at radius 2 is 2.47 bits per heavy atom. The lowest BCUT2D eigenvalue weighted by Gasteiger charge is -2.31. The highest BCUT2D eigenvalue weighted by Crippen LogP contribution is 2.29. The highest BCUT2D eigenvalue weighted by molar-refractivity contribution is 7.13. The van der Waals surface area contributed by atoms with Crippen LogP contribution in [0.5, 0.6) is 0 Å². The molecule has 1 aliphatic rings. The summed E-state index contributed by atoms with van der Waals surface area (Å²) >= 11 is 1.44. The van der Waals surface area contributed by atoms with Gasteiger partial charge in [0.2, 0.25) is 5.76 Å². The van der Waals surface area contributed by atoms with Crippen LogP contribution in [0, 0.1) is 0 Å². The van der Waals surface area contributed by atoms with E-state index in [1.807, 2.05) is 5.38 Å².